The number of carboxylic acid groups (broad SMARTS) is 1. The second-order valence-corrected chi connectivity index (χ2v) is 8.76. The minimum Gasteiger partial charge on any atom is -0.478 e. The highest BCUT2D eigenvalue weighted by atomic mass is 32.2. The Hall–Kier alpha value is -4.10. The summed E-state index contributed by atoms with van der Waals surface area (Å²) in [6.45, 7) is 1.80. The van der Waals surface area contributed by atoms with Crippen LogP contribution in [-0.4, -0.2) is 28.6 Å². The van der Waals surface area contributed by atoms with E-state index in [0.29, 0.717) is 16.9 Å². The van der Waals surface area contributed by atoms with Crippen LogP contribution in [0, 0.1) is 6.92 Å². The minimum atomic E-state index is -1.05. The topological polar surface area (TPSA) is 95.5 Å². The maximum Gasteiger partial charge on any atom is 0.335 e. The summed E-state index contributed by atoms with van der Waals surface area (Å²) in [4.78, 5) is 37.1. The average Bonchev–Trinajstić information content (AvgIpc) is 2.84. The molecule has 0 radical (unpaired) electrons. The molecule has 6 nitrogen and oxygen atoms in total. The second kappa shape index (κ2) is 10.2. The number of amides is 2. The van der Waals surface area contributed by atoms with Gasteiger partial charge in [0.05, 0.1) is 11.3 Å². The number of rotatable bonds is 7. The fourth-order valence-corrected chi connectivity index (χ4v) is 4.18. The lowest BCUT2D eigenvalue weighted by atomic mass is 10.1. The van der Waals surface area contributed by atoms with E-state index in [-0.39, 0.29) is 23.1 Å². The molecule has 0 aromatic heterocycles. The lowest BCUT2D eigenvalue weighted by Gasteiger charge is -2.10. The number of hydrogen-bond acceptors (Lipinski definition) is 4. The summed E-state index contributed by atoms with van der Waals surface area (Å²) in [7, 11) is 0. The van der Waals surface area contributed by atoms with E-state index in [2.05, 4.69) is 10.6 Å². The van der Waals surface area contributed by atoms with Crippen molar-refractivity contribution in [2.45, 2.75) is 11.8 Å². The van der Waals surface area contributed by atoms with Crippen LogP contribution < -0.4 is 10.6 Å². The van der Waals surface area contributed by atoms with Crippen molar-refractivity contribution in [3.05, 3.63) is 102 Å². The van der Waals surface area contributed by atoms with Crippen molar-refractivity contribution in [1.29, 1.82) is 0 Å². The number of hydrogen-bond donors (Lipinski definition) is 3. The number of carboxylic acids is 1. The van der Waals surface area contributed by atoms with Crippen LogP contribution >= 0.6 is 11.8 Å². The van der Waals surface area contributed by atoms with Gasteiger partial charge in [-0.3, -0.25) is 9.59 Å². The molecule has 0 spiro atoms. The summed E-state index contributed by atoms with van der Waals surface area (Å²) in [6, 6.07) is 25.3. The van der Waals surface area contributed by atoms with E-state index in [4.69, 9.17) is 5.11 Å². The molecular weight excluding hydrogens is 448 g/mol. The second-order valence-electron chi connectivity index (χ2n) is 7.72. The molecule has 0 aliphatic heterocycles. The van der Waals surface area contributed by atoms with Crippen molar-refractivity contribution in [3.63, 3.8) is 0 Å². The van der Waals surface area contributed by atoms with Gasteiger partial charge >= 0.3 is 5.97 Å². The van der Waals surface area contributed by atoms with E-state index >= 15 is 0 Å². The van der Waals surface area contributed by atoms with E-state index in [1.807, 2.05) is 54.6 Å². The molecule has 0 saturated carbocycles. The van der Waals surface area contributed by atoms with Crippen LogP contribution in [0.25, 0.3) is 10.8 Å². The number of nitrogens with one attached hydrogen (secondary N) is 2. The van der Waals surface area contributed by atoms with Crippen LogP contribution in [0.3, 0.4) is 0 Å². The maximum atomic E-state index is 12.7. The number of benzene rings is 4. The highest BCUT2D eigenvalue weighted by molar-refractivity contribution is 8.00. The van der Waals surface area contributed by atoms with Gasteiger partial charge in [-0.2, -0.15) is 0 Å². The summed E-state index contributed by atoms with van der Waals surface area (Å²) in [5.41, 5.74) is 2.57. The largest absolute Gasteiger partial charge is 0.478 e. The van der Waals surface area contributed by atoms with Crippen molar-refractivity contribution in [3.8, 4) is 0 Å². The Morgan fingerprint density at radius 2 is 1.56 bits per heavy atom. The standard InChI is InChI=1S/C27H22N2O4S/c1-17-9-10-21(27(32)33)14-24(17)29-25(30)16-34-23-8-4-7-22(15-23)28-26(31)20-12-11-18-5-2-3-6-19(18)13-20/h2-15H,16H2,1H3,(H,28,31)(H,29,30)(H,32,33). The van der Waals surface area contributed by atoms with Gasteiger partial charge in [0.25, 0.3) is 5.91 Å². The lowest BCUT2D eigenvalue weighted by Crippen LogP contribution is -2.15. The molecular formula is C27H22N2O4S. The molecule has 4 rings (SSSR count). The summed E-state index contributed by atoms with van der Waals surface area (Å²) in [6.07, 6.45) is 0. The Kier molecular flexibility index (Phi) is 6.94. The SMILES string of the molecule is Cc1ccc(C(=O)O)cc1NC(=O)CSc1cccc(NC(=O)c2ccc3ccccc3c2)c1. The van der Waals surface area contributed by atoms with Gasteiger partial charge in [0.1, 0.15) is 0 Å². The highest BCUT2D eigenvalue weighted by Crippen LogP contribution is 2.24. The smallest absolute Gasteiger partial charge is 0.335 e. The molecule has 4 aromatic carbocycles. The summed E-state index contributed by atoms with van der Waals surface area (Å²) in [5.74, 6) is -1.37. The summed E-state index contributed by atoms with van der Waals surface area (Å²) in [5, 5.41) is 16.9. The van der Waals surface area contributed by atoms with Crippen LogP contribution in [0.4, 0.5) is 11.4 Å². The first-order valence-corrected chi connectivity index (χ1v) is 11.5. The van der Waals surface area contributed by atoms with E-state index in [1.165, 1.54) is 23.9 Å². The molecule has 0 unspecified atom stereocenters. The first-order chi connectivity index (χ1) is 16.4. The van der Waals surface area contributed by atoms with Gasteiger partial charge in [-0.25, -0.2) is 4.79 Å². The number of thioether (sulfide) groups is 1. The van der Waals surface area contributed by atoms with Gasteiger partial charge in [0.15, 0.2) is 0 Å². The minimum absolute atomic E-state index is 0.114. The van der Waals surface area contributed by atoms with Gasteiger partial charge in [0.2, 0.25) is 5.91 Å². The van der Waals surface area contributed by atoms with Crippen LogP contribution in [0.15, 0.2) is 89.8 Å². The maximum absolute atomic E-state index is 12.7. The van der Waals surface area contributed by atoms with Gasteiger partial charge < -0.3 is 15.7 Å². The Bertz CT molecular complexity index is 1400. The van der Waals surface area contributed by atoms with E-state index in [0.717, 1.165) is 21.2 Å². The quantitative estimate of drug-likeness (QED) is 0.295. The fourth-order valence-electron chi connectivity index (χ4n) is 3.42. The van der Waals surface area contributed by atoms with Gasteiger partial charge in [-0.05, 0) is 65.7 Å². The first-order valence-electron chi connectivity index (χ1n) is 10.6. The zero-order valence-electron chi connectivity index (χ0n) is 18.4. The van der Waals surface area contributed by atoms with Crippen molar-refractivity contribution >= 4 is 51.7 Å². The number of anilines is 2. The van der Waals surface area contributed by atoms with Crippen molar-refractivity contribution in [2.24, 2.45) is 0 Å². The van der Waals surface area contributed by atoms with E-state index in [1.54, 1.807) is 25.1 Å². The lowest BCUT2D eigenvalue weighted by molar-refractivity contribution is -0.113. The monoisotopic (exact) mass is 470 g/mol. The number of fused-ring (bicyclic) bond motifs is 1. The van der Waals surface area contributed by atoms with Gasteiger partial charge in [-0.1, -0.05) is 42.5 Å². The molecule has 0 saturated heterocycles. The van der Waals surface area contributed by atoms with Gasteiger partial charge in [-0.15, -0.1) is 11.8 Å². The normalized spacial score (nSPS) is 10.6. The molecule has 3 N–H and O–H groups in total. The highest BCUT2D eigenvalue weighted by Gasteiger charge is 2.11. The average molecular weight is 471 g/mol. The third-order valence-electron chi connectivity index (χ3n) is 5.23. The molecule has 2 amide bonds. The molecule has 0 aliphatic carbocycles. The predicted molar refractivity (Wildman–Crippen MR) is 136 cm³/mol. The van der Waals surface area contributed by atoms with Crippen LogP contribution in [0.2, 0.25) is 0 Å². The van der Waals surface area contributed by atoms with Crippen molar-refractivity contribution in [2.75, 3.05) is 16.4 Å². The van der Waals surface area contributed by atoms with Crippen LogP contribution in [-0.2, 0) is 4.79 Å². The van der Waals surface area contributed by atoms with Crippen LogP contribution in [0.1, 0.15) is 26.3 Å². The molecule has 34 heavy (non-hydrogen) atoms. The Morgan fingerprint density at radius 3 is 2.35 bits per heavy atom. The van der Waals surface area contributed by atoms with Crippen LogP contribution in [0.5, 0.6) is 0 Å². The summed E-state index contributed by atoms with van der Waals surface area (Å²) < 4.78 is 0. The first kappa shape index (κ1) is 23.1. The number of carbonyl (C=O) groups excluding carboxylic acids is 2. The zero-order valence-corrected chi connectivity index (χ0v) is 19.2. The Morgan fingerprint density at radius 1 is 0.794 bits per heavy atom. The molecule has 4 aromatic rings. The fraction of sp³-hybridized carbons (Fsp3) is 0.0741. The van der Waals surface area contributed by atoms with E-state index < -0.39 is 5.97 Å². The van der Waals surface area contributed by atoms with Crippen molar-refractivity contribution in [1.82, 2.24) is 0 Å². The Labute approximate surface area is 201 Å². The van der Waals surface area contributed by atoms with Gasteiger partial charge in [0, 0.05) is 21.8 Å². The molecule has 7 heteroatoms. The van der Waals surface area contributed by atoms with Crippen molar-refractivity contribution < 1.29 is 19.5 Å². The molecule has 170 valence electrons. The molecule has 0 heterocycles. The number of aromatic carboxylic acids is 1. The Balaban J connectivity index is 1.37. The number of aryl methyl sites for hydroxylation is 1. The third kappa shape index (κ3) is 5.63. The molecule has 0 bridgehead atoms. The zero-order chi connectivity index (χ0) is 24.1. The molecule has 0 fully saturated rings. The third-order valence-corrected chi connectivity index (χ3v) is 6.23. The number of carbonyl (C=O) groups is 3. The predicted octanol–water partition coefficient (Wildman–Crippen LogP) is 5.83. The molecule has 0 aliphatic rings. The summed E-state index contributed by atoms with van der Waals surface area (Å²) >= 11 is 1.32. The molecule has 0 atom stereocenters. The van der Waals surface area contributed by atoms with E-state index in [9.17, 15) is 14.4 Å².